The Bertz CT molecular complexity index is 768. The highest BCUT2D eigenvalue weighted by Crippen LogP contribution is 2.35. The van der Waals surface area contributed by atoms with Crippen LogP contribution >= 0.6 is 0 Å². The molecule has 1 aromatic carbocycles. The number of amides is 4. The van der Waals surface area contributed by atoms with Crippen LogP contribution in [0.1, 0.15) is 46.4 Å². The number of allylic oxidation sites excluding steroid dienone is 2. The van der Waals surface area contributed by atoms with Crippen molar-refractivity contribution in [2.24, 2.45) is 11.8 Å². The second-order valence-corrected chi connectivity index (χ2v) is 7.00. The maximum Gasteiger partial charge on any atom is 0.261 e. The van der Waals surface area contributed by atoms with Gasteiger partial charge >= 0.3 is 0 Å². The Morgan fingerprint density at radius 1 is 0.731 bits per heavy atom. The zero-order valence-electron chi connectivity index (χ0n) is 14.4. The van der Waals surface area contributed by atoms with Crippen molar-refractivity contribution in [3.8, 4) is 0 Å². The number of hydrogen-bond acceptors (Lipinski definition) is 4. The van der Waals surface area contributed by atoms with Gasteiger partial charge in [-0.3, -0.25) is 29.0 Å². The summed E-state index contributed by atoms with van der Waals surface area (Å²) in [6.07, 6.45) is 6.37. The number of rotatable bonds is 5. The van der Waals surface area contributed by atoms with E-state index in [1.54, 1.807) is 24.3 Å². The van der Waals surface area contributed by atoms with Gasteiger partial charge in [-0.2, -0.15) is 0 Å². The molecular weight excluding hydrogens is 332 g/mol. The third kappa shape index (κ3) is 2.57. The predicted molar refractivity (Wildman–Crippen MR) is 93.1 cm³/mol. The van der Waals surface area contributed by atoms with Crippen molar-refractivity contribution < 1.29 is 19.2 Å². The third-order valence-corrected chi connectivity index (χ3v) is 5.49. The number of benzene rings is 1. The molecule has 0 bridgehead atoms. The van der Waals surface area contributed by atoms with Crippen molar-refractivity contribution in [3.05, 3.63) is 47.5 Å². The van der Waals surface area contributed by atoms with E-state index in [1.165, 1.54) is 9.80 Å². The zero-order chi connectivity index (χ0) is 18.3. The van der Waals surface area contributed by atoms with E-state index in [2.05, 4.69) is 0 Å². The van der Waals surface area contributed by atoms with Gasteiger partial charge in [-0.25, -0.2) is 0 Å². The van der Waals surface area contributed by atoms with Crippen LogP contribution in [-0.4, -0.2) is 46.5 Å². The van der Waals surface area contributed by atoms with Crippen LogP contribution in [0.5, 0.6) is 0 Å². The van der Waals surface area contributed by atoms with Crippen LogP contribution in [0.2, 0.25) is 0 Å². The highest BCUT2D eigenvalue weighted by atomic mass is 16.2. The van der Waals surface area contributed by atoms with Crippen LogP contribution in [0, 0.1) is 11.8 Å². The lowest BCUT2D eigenvalue weighted by Gasteiger charge is -2.17. The Labute approximate surface area is 151 Å². The maximum atomic E-state index is 12.4. The summed E-state index contributed by atoms with van der Waals surface area (Å²) in [6.45, 7) is 0.658. The van der Waals surface area contributed by atoms with Gasteiger partial charge in [0.25, 0.3) is 11.8 Å². The first kappa shape index (κ1) is 16.7. The number of unbranched alkanes of at least 4 members (excludes halogenated alkanes) is 1. The molecule has 0 unspecified atom stereocenters. The monoisotopic (exact) mass is 352 g/mol. The molecule has 0 radical (unpaired) electrons. The first-order chi connectivity index (χ1) is 12.6. The van der Waals surface area contributed by atoms with E-state index in [1.807, 2.05) is 12.2 Å². The lowest BCUT2D eigenvalue weighted by Crippen LogP contribution is -2.34. The second-order valence-electron chi connectivity index (χ2n) is 7.00. The fourth-order valence-corrected chi connectivity index (χ4v) is 4.07. The SMILES string of the molecule is O=C1c2ccccc2C(=O)N1CCCCN1C(=O)[C@@H]2CC=CC[C@H]2C1=O. The molecule has 2 atom stereocenters. The number of fused-ring (bicyclic) bond motifs is 2. The van der Waals surface area contributed by atoms with Gasteiger partial charge in [-0.05, 0) is 37.8 Å². The van der Waals surface area contributed by atoms with E-state index in [0.29, 0.717) is 49.9 Å². The average molecular weight is 352 g/mol. The highest BCUT2D eigenvalue weighted by molar-refractivity contribution is 6.21. The second kappa shape index (κ2) is 6.52. The Morgan fingerprint density at radius 2 is 1.19 bits per heavy atom. The van der Waals surface area contributed by atoms with Gasteiger partial charge in [0.2, 0.25) is 11.8 Å². The minimum atomic E-state index is -0.268. The maximum absolute atomic E-state index is 12.4. The van der Waals surface area contributed by atoms with Gasteiger partial charge in [-0.1, -0.05) is 24.3 Å². The van der Waals surface area contributed by atoms with Crippen molar-refractivity contribution in [3.63, 3.8) is 0 Å². The van der Waals surface area contributed by atoms with Crippen molar-refractivity contribution >= 4 is 23.6 Å². The summed E-state index contributed by atoms with van der Waals surface area (Å²) in [5.41, 5.74) is 0.887. The molecule has 3 aliphatic rings. The molecule has 4 rings (SSSR count). The molecule has 6 nitrogen and oxygen atoms in total. The topological polar surface area (TPSA) is 74.8 Å². The molecule has 2 aliphatic heterocycles. The summed E-state index contributed by atoms with van der Waals surface area (Å²) in [4.78, 5) is 52.1. The van der Waals surface area contributed by atoms with Gasteiger partial charge in [0.05, 0.1) is 23.0 Å². The number of hydrogen-bond donors (Lipinski definition) is 0. The largest absolute Gasteiger partial charge is 0.282 e. The summed E-state index contributed by atoms with van der Waals surface area (Å²) in [6, 6.07) is 6.80. The van der Waals surface area contributed by atoms with Crippen molar-refractivity contribution in [1.29, 1.82) is 0 Å². The number of nitrogens with zero attached hydrogens (tertiary/aromatic N) is 2. The van der Waals surface area contributed by atoms with E-state index in [4.69, 9.17) is 0 Å². The molecular formula is C20H20N2O4. The van der Waals surface area contributed by atoms with E-state index in [0.717, 1.165) is 0 Å². The van der Waals surface area contributed by atoms with E-state index in [9.17, 15) is 19.2 Å². The molecule has 0 N–H and O–H groups in total. The molecule has 1 fully saturated rings. The number of imide groups is 2. The highest BCUT2D eigenvalue weighted by Gasteiger charge is 2.46. The Hall–Kier alpha value is -2.76. The Balaban J connectivity index is 1.31. The fourth-order valence-electron chi connectivity index (χ4n) is 4.07. The summed E-state index contributed by atoms with van der Waals surface area (Å²) in [7, 11) is 0. The first-order valence-electron chi connectivity index (χ1n) is 9.05. The molecule has 134 valence electrons. The average Bonchev–Trinajstić information content (AvgIpc) is 3.06. The van der Waals surface area contributed by atoms with Gasteiger partial charge in [-0.15, -0.1) is 0 Å². The van der Waals surface area contributed by atoms with Gasteiger partial charge < -0.3 is 0 Å². The molecule has 6 heteroatoms. The van der Waals surface area contributed by atoms with Crippen molar-refractivity contribution in [2.45, 2.75) is 25.7 Å². The van der Waals surface area contributed by atoms with Gasteiger partial charge in [0.15, 0.2) is 0 Å². The Morgan fingerprint density at radius 3 is 1.69 bits per heavy atom. The summed E-state index contributed by atoms with van der Waals surface area (Å²) < 4.78 is 0. The summed E-state index contributed by atoms with van der Waals surface area (Å²) in [5.74, 6) is -1.10. The minimum Gasteiger partial charge on any atom is -0.282 e. The van der Waals surface area contributed by atoms with Crippen LogP contribution in [0.4, 0.5) is 0 Å². The molecule has 0 spiro atoms. The fraction of sp³-hybridized carbons (Fsp3) is 0.400. The molecule has 2 heterocycles. The molecule has 4 amide bonds. The van der Waals surface area contributed by atoms with Crippen LogP contribution in [0.3, 0.4) is 0 Å². The van der Waals surface area contributed by atoms with Crippen LogP contribution in [0.15, 0.2) is 36.4 Å². The molecule has 26 heavy (non-hydrogen) atoms. The van der Waals surface area contributed by atoms with Crippen LogP contribution in [0.25, 0.3) is 0 Å². The normalized spacial score (nSPS) is 24.5. The quantitative estimate of drug-likeness (QED) is 0.462. The Kier molecular flexibility index (Phi) is 4.18. The first-order valence-corrected chi connectivity index (χ1v) is 9.05. The zero-order valence-corrected chi connectivity index (χ0v) is 14.4. The number of likely N-dealkylation sites (tertiary alicyclic amines) is 1. The van der Waals surface area contributed by atoms with Crippen LogP contribution in [-0.2, 0) is 9.59 Å². The van der Waals surface area contributed by atoms with Crippen molar-refractivity contribution in [2.75, 3.05) is 13.1 Å². The molecule has 0 aromatic heterocycles. The summed E-state index contributed by atoms with van der Waals surface area (Å²) in [5, 5.41) is 0. The lowest BCUT2D eigenvalue weighted by molar-refractivity contribution is -0.139. The molecule has 1 saturated heterocycles. The molecule has 1 aromatic rings. The van der Waals surface area contributed by atoms with E-state index >= 15 is 0 Å². The standard InChI is InChI=1S/C20H20N2O4/c23-17-13-7-1-2-8-14(13)18(24)21(17)11-5-6-12-22-19(25)15-9-3-4-10-16(15)20(22)26/h1-4,7-8,15-16H,5-6,9-12H2/t15-,16-/m1/s1. The van der Waals surface area contributed by atoms with Gasteiger partial charge in [0.1, 0.15) is 0 Å². The van der Waals surface area contributed by atoms with Gasteiger partial charge in [0, 0.05) is 13.1 Å². The van der Waals surface area contributed by atoms with E-state index in [-0.39, 0.29) is 35.5 Å². The predicted octanol–water partition coefficient (Wildman–Crippen LogP) is 2.01. The minimum absolute atomic E-state index is 0.0786. The van der Waals surface area contributed by atoms with E-state index < -0.39 is 0 Å². The van der Waals surface area contributed by atoms with Crippen LogP contribution < -0.4 is 0 Å². The van der Waals surface area contributed by atoms with Crippen molar-refractivity contribution in [1.82, 2.24) is 9.80 Å². The third-order valence-electron chi connectivity index (χ3n) is 5.49. The molecule has 1 aliphatic carbocycles. The number of carbonyl (C=O) groups is 4. The summed E-state index contributed by atoms with van der Waals surface area (Å²) >= 11 is 0. The molecule has 0 saturated carbocycles. The number of carbonyl (C=O) groups excluding carboxylic acids is 4. The smallest absolute Gasteiger partial charge is 0.261 e. The lowest BCUT2D eigenvalue weighted by atomic mass is 9.85.